The summed E-state index contributed by atoms with van der Waals surface area (Å²) in [6, 6.07) is 5.05. The number of carbonyl (C=O) groups excluding carboxylic acids is 1. The number of benzene rings is 1. The van der Waals surface area contributed by atoms with E-state index in [1.165, 1.54) is 12.1 Å². The zero-order chi connectivity index (χ0) is 17.0. The zero-order valence-corrected chi connectivity index (χ0v) is 12.3. The SMILES string of the molecule is O=C(O)CNC(=O)CN(Cc1ccc(C(F)(F)F)cc1)C1CC1. The third-order valence-electron chi connectivity index (χ3n) is 3.51. The van der Waals surface area contributed by atoms with E-state index in [-0.39, 0.29) is 12.6 Å². The molecule has 1 amide bonds. The van der Waals surface area contributed by atoms with Crippen molar-refractivity contribution in [2.45, 2.75) is 31.6 Å². The van der Waals surface area contributed by atoms with Gasteiger partial charge in [-0.15, -0.1) is 0 Å². The first-order valence-corrected chi connectivity index (χ1v) is 7.14. The molecule has 126 valence electrons. The topological polar surface area (TPSA) is 69.6 Å². The molecular formula is C15H17F3N2O3. The fourth-order valence-electron chi connectivity index (χ4n) is 2.20. The molecule has 0 aromatic heterocycles. The van der Waals surface area contributed by atoms with Crippen molar-refractivity contribution in [2.75, 3.05) is 13.1 Å². The molecule has 2 rings (SSSR count). The summed E-state index contributed by atoms with van der Waals surface area (Å²) in [4.78, 5) is 24.0. The van der Waals surface area contributed by atoms with Gasteiger partial charge in [-0.1, -0.05) is 12.1 Å². The molecule has 2 N–H and O–H groups in total. The van der Waals surface area contributed by atoms with Crippen molar-refractivity contribution in [1.82, 2.24) is 10.2 Å². The molecule has 8 heteroatoms. The van der Waals surface area contributed by atoms with Gasteiger partial charge >= 0.3 is 12.1 Å². The van der Waals surface area contributed by atoms with E-state index in [1.54, 1.807) is 0 Å². The van der Waals surface area contributed by atoms with Gasteiger partial charge in [-0.2, -0.15) is 13.2 Å². The smallest absolute Gasteiger partial charge is 0.416 e. The maximum atomic E-state index is 12.5. The zero-order valence-electron chi connectivity index (χ0n) is 12.3. The highest BCUT2D eigenvalue weighted by Crippen LogP contribution is 2.31. The summed E-state index contributed by atoms with van der Waals surface area (Å²) in [6.45, 7) is -0.0696. The summed E-state index contributed by atoms with van der Waals surface area (Å²) in [5.74, 6) is -1.54. The molecule has 0 spiro atoms. The van der Waals surface area contributed by atoms with Crippen LogP contribution in [-0.4, -0.2) is 41.0 Å². The van der Waals surface area contributed by atoms with Gasteiger partial charge in [-0.05, 0) is 30.5 Å². The summed E-state index contributed by atoms with van der Waals surface area (Å²) < 4.78 is 37.6. The number of hydrogen-bond acceptors (Lipinski definition) is 3. The van der Waals surface area contributed by atoms with Gasteiger partial charge in [0.25, 0.3) is 0 Å². The third kappa shape index (κ3) is 5.55. The number of nitrogens with one attached hydrogen (secondary N) is 1. The molecule has 0 bridgehead atoms. The van der Waals surface area contributed by atoms with Crippen LogP contribution in [-0.2, 0) is 22.3 Å². The summed E-state index contributed by atoms with van der Waals surface area (Å²) >= 11 is 0. The maximum absolute atomic E-state index is 12.5. The number of hydrogen-bond donors (Lipinski definition) is 2. The van der Waals surface area contributed by atoms with Gasteiger partial charge in [0.15, 0.2) is 0 Å². The van der Waals surface area contributed by atoms with Gasteiger partial charge < -0.3 is 10.4 Å². The largest absolute Gasteiger partial charge is 0.480 e. The fraction of sp³-hybridized carbons (Fsp3) is 0.467. The van der Waals surface area contributed by atoms with Crippen LogP contribution in [0, 0.1) is 0 Å². The van der Waals surface area contributed by atoms with E-state index in [4.69, 9.17) is 5.11 Å². The van der Waals surface area contributed by atoms with Crippen LogP contribution >= 0.6 is 0 Å². The van der Waals surface area contributed by atoms with Crippen LogP contribution in [0.2, 0.25) is 0 Å². The number of nitrogens with zero attached hydrogens (tertiary/aromatic N) is 1. The maximum Gasteiger partial charge on any atom is 0.416 e. The van der Waals surface area contributed by atoms with Crippen molar-refractivity contribution >= 4 is 11.9 Å². The summed E-state index contributed by atoms with van der Waals surface area (Å²) in [5, 5.41) is 10.8. The van der Waals surface area contributed by atoms with E-state index in [9.17, 15) is 22.8 Å². The number of alkyl halides is 3. The lowest BCUT2D eigenvalue weighted by molar-refractivity contribution is -0.138. The molecule has 23 heavy (non-hydrogen) atoms. The van der Waals surface area contributed by atoms with E-state index < -0.39 is 30.2 Å². The van der Waals surface area contributed by atoms with E-state index >= 15 is 0 Å². The van der Waals surface area contributed by atoms with Crippen molar-refractivity contribution in [3.63, 3.8) is 0 Å². The standard InChI is InChI=1S/C15H17F3N2O3/c16-15(17,18)11-3-1-10(2-4-11)8-20(12-5-6-12)9-13(21)19-7-14(22)23/h1-4,12H,5-9H2,(H,19,21)(H,22,23). The van der Waals surface area contributed by atoms with Crippen LogP contribution in [0.5, 0.6) is 0 Å². The minimum atomic E-state index is -4.37. The van der Waals surface area contributed by atoms with E-state index in [0.717, 1.165) is 25.0 Å². The third-order valence-corrected chi connectivity index (χ3v) is 3.51. The van der Waals surface area contributed by atoms with Crippen molar-refractivity contribution in [3.8, 4) is 0 Å². The van der Waals surface area contributed by atoms with Crippen molar-refractivity contribution in [1.29, 1.82) is 0 Å². The molecule has 0 heterocycles. The number of carboxylic acid groups (broad SMARTS) is 1. The van der Waals surface area contributed by atoms with Crippen LogP contribution in [0.15, 0.2) is 24.3 Å². The van der Waals surface area contributed by atoms with Gasteiger partial charge in [-0.25, -0.2) is 0 Å². The molecule has 0 aliphatic heterocycles. The lowest BCUT2D eigenvalue weighted by Gasteiger charge is -2.21. The predicted molar refractivity (Wildman–Crippen MR) is 75.5 cm³/mol. The molecule has 1 aliphatic rings. The fourth-order valence-corrected chi connectivity index (χ4v) is 2.20. The summed E-state index contributed by atoms with van der Waals surface area (Å²) in [5.41, 5.74) is -0.0330. The molecule has 1 saturated carbocycles. The second kappa shape index (κ2) is 6.99. The Bertz CT molecular complexity index is 568. The van der Waals surface area contributed by atoms with Crippen LogP contribution in [0.4, 0.5) is 13.2 Å². The molecule has 0 atom stereocenters. The minimum absolute atomic E-state index is 0.0268. The van der Waals surface area contributed by atoms with Gasteiger partial charge in [-0.3, -0.25) is 14.5 Å². The van der Waals surface area contributed by atoms with Crippen LogP contribution in [0.3, 0.4) is 0 Å². The minimum Gasteiger partial charge on any atom is -0.480 e. The van der Waals surface area contributed by atoms with Crippen LogP contribution in [0.1, 0.15) is 24.0 Å². The number of amides is 1. The number of carboxylic acids is 1. The number of rotatable bonds is 7. The molecule has 5 nitrogen and oxygen atoms in total. The molecule has 0 unspecified atom stereocenters. The number of carbonyl (C=O) groups is 2. The number of aliphatic carboxylic acids is 1. The van der Waals surface area contributed by atoms with E-state index in [0.29, 0.717) is 12.1 Å². The highest BCUT2D eigenvalue weighted by atomic mass is 19.4. The van der Waals surface area contributed by atoms with E-state index in [2.05, 4.69) is 5.32 Å². The molecule has 0 radical (unpaired) electrons. The Labute approximate surface area is 131 Å². The van der Waals surface area contributed by atoms with E-state index in [1.807, 2.05) is 4.90 Å². The van der Waals surface area contributed by atoms with Crippen molar-refractivity contribution < 1.29 is 27.9 Å². The summed E-state index contributed by atoms with van der Waals surface area (Å²) in [7, 11) is 0. The lowest BCUT2D eigenvalue weighted by Crippen LogP contribution is -2.40. The van der Waals surface area contributed by atoms with Crippen molar-refractivity contribution in [3.05, 3.63) is 35.4 Å². The normalized spacial score (nSPS) is 14.8. The Balaban J connectivity index is 1.94. The van der Waals surface area contributed by atoms with Crippen LogP contribution in [0.25, 0.3) is 0 Å². The lowest BCUT2D eigenvalue weighted by atomic mass is 10.1. The monoisotopic (exact) mass is 330 g/mol. The first-order chi connectivity index (χ1) is 10.8. The second-order valence-electron chi connectivity index (χ2n) is 5.50. The molecule has 1 aromatic rings. The number of halogens is 3. The highest BCUT2D eigenvalue weighted by Gasteiger charge is 2.32. The van der Waals surface area contributed by atoms with Gasteiger partial charge in [0, 0.05) is 12.6 Å². The summed E-state index contributed by atoms with van der Waals surface area (Å²) in [6.07, 6.45) is -2.52. The van der Waals surface area contributed by atoms with Crippen molar-refractivity contribution in [2.24, 2.45) is 0 Å². The Morgan fingerprint density at radius 1 is 1.22 bits per heavy atom. The Kier molecular flexibility index (Phi) is 5.25. The molecule has 1 aliphatic carbocycles. The molecular weight excluding hydrogens is 313 g/mol. The quantitative estimate of drug-likeness (QED) is 0.801. The second-order valence-corrected chi connectivity index (χ2v) is 5.50. The average molecular weight is 330 g/mol. The van der Waals surface area contributed by atoms with Gasteiger partial charge in [0.2, 0.25) is 5.91 Å². The first-order valence-electron chi connectivity index (χ1n) is 7.14. The Hall–Kier alpha value is -2.09. The van der Waals surface area contributed by atoms with Crippen LogP contribution < -0.4 is 5.32 Å². The molecule has 1 aromatic carbocycles. The molecule has 1 fully saturated rings. The first kappa shape index (κ1) is 17.3. The Morgan fingerprint density at radius 2 is 1.83 bits per heavy atom. The Morgan fingerprint density at radius 3 is 2.30 bits per heavy atom. The average Bonchev–Trinajstić information content (AvgIpc) is 3.28. The molecule has 0 saturated heterocycles. The predicted octanol–water partition coefficient (Wildman–Crippen LogP) is 1.87. The highest BCUT2D eigenvalue weighted by molar-refractivity contribution is 5.82. The van der Waals surface area contributed by atoms with Gasteiger partial charge in [0.05, 0.1) is 12.1 Å². The van der Waals surface area contributed by atoms with Gasteiger partial charge in [0.1, 0.15) is 6.54 Å².